The number of aryl methyl sites for hydroxylation is 3. The van der Waals surface area contributed by atoms with Gasteiger partial charge in [0.2, 0.25) is 0 Å². The van der Waals surface area contributed by atoms with Crippen molar-refractivity contribution < 1.29 is 14.6 Å². The smallest absolute Gasteiger partial charge is 0.326 e. The zero-order valence-electron chi connectivity index (χ0n) is 23.8. The van der Waals surface area contributed by atoms with Crippen molar-refractivity contribution in [3.05, 3.63) is 59.7 Å². The van der Waals surface area contributed by atoms with Gasteiger partial charge in [0.05, 0.1) is 6.10 Å². The fourth-order valence-electron chi connectivity index (χ4n) is 4.90. The summed E-state index contributed by atoms with van der Waals surface area (Å²) in [5.74, 6) is 1.16. The molecular weight excluding hydrogens is 506 g/mol. The number of unbranched alkanes of at least 4 members (excludes halogenated alkanes) is 1. The Hall–Kier alpha value is -3.63. The predicted molar refractivity (Wildman–Crippen MR) is 157 cm³/mol. The van der Waals surface area contributed by atoms with E-state index in [0.717, 1.165) is 74.5 Å². The fourth-order valence-corrected chi connectivity index (χ4v) is 4.90. The number of hydrogen-bond acceptors (Lipinski definition) is 9. The Labute approximate surface area is 236 Å². The van der Waals surface area contributed by atoms with E-state index in [0.29, 0.717) is 24.6 Å². The minimum atomic E-state index is -0.909. The molecular formula is C30H41N7O3. The lowest BCUT2D eigenvalue weighted by Crippen LogP contribution is -2.38. The molecule has 0 aliphatic carbocycles. The molecule has 1 aliphatic heterocycles. The van der Waals surface area contributed by atoms with Gasteiger partial charge in [-0.05, 0) is 82.7 Å². The lowest BCUT2D eigenvalue weighted by Gasteiger charge is -2.27. The summed E-state index contributed by atoms with van der Waals surface area (Å²) in [5, 5.41) is 16.5. The van der Waals surface area contributed by atoms with Gasteiger partial charge in [0.15, 0.2) is 5.82 Å². The highest BCUT2D eigenvalue weighted by molar-refractivity contribution is 5.77. The molecule has 0 saturated heterocycles. The van der Waals surface area contributed by atoms with Crippen molar-refractivity contribution in [2.24, 2.45) is 0 Å². The molecule has 4 heterocycles. The van der Waals surface area contributed by atoms with Crippen LogP contribution in [0.1, 0.15) is 49.6 Å². The Morgan fingerprint density at radius 3 is 2.75 bits per heavy atom. The van der Waals surface area contributed by atoms with Crippen molar-refractivity contribution in [3.63, 3.8) is 0 Å². The summed E-state index contributed by atoms with van der Waals surface area (Å²) in [7, 11) is 1.71. The number of carboxylic acid groups (broad SMARTS) is 1. The third-order valence-corrected chi connectivity index (χ3v) is 7.17. The maximum atomic E-state index is 12.2. The number of carbonyl (C=O) groups is 1. The maximum Gasteiger partial charge on any atom is 0.326 e. The number of aromatic nitrogens is 4. The number of carboxylic acids is 1. The van der Waals surface area contributed by atoms with Crippen LogP contribution in [0.5, 0.6) is 0 Å². The van der Waals surface area contributed by atoms with Gasteiger partial charge in [-0.3, -0.25) is 4.98 Å². The number of nitrogens with zero attached hydrogens (tertiary/aromatic N) is 5. The van der Waals surface area contributed by atoms with Gasteiger partial charge in [0.25, 0.3) is 0 Å². The van der Waals surface area contributed by atoms with Crippen LogP contribution in [0.3, 0.4) is 0 Å². The van der Waals surface area contributed by atoms with Gasteiger partial charge in [-0.2, -0.15) is 0 Å². The van der Waals surface area contributed by atoms with Crippen molar-refractivity contribution in [3.8, 4) is 11.4 Å². The molecule has 0 bridgehead atoms. The first kappa shape index (κ1) is 29.4. The molecule has 2 atom stereocenters. The van der Waals surface area contributed by atoms with E-state index < -0.39 is 12.0 Å². The number of pyridine rings is 2. The molecule has 3 aromatic heterocycles. The Bertz CT molecular complexity index is 1240. The number of methoxy groups -OCH3 is 1. The van der Waals surface area contributed by atoms with Crippen LogP contribution in [0, 0.1) is 6.92 Å². The second-order valence-electron chi connectivity index (χ2n) is 10.4. The Kier molecular flexibility index (Phi) is 10.8. The maximum absolute atomic E-state index is 12.2. The van der Waals surface area contributed by atoms with E-state index in [1.54, 1.807) is 25.6 Å². The molecule has 2 unspecified atom stereocenters. The topological polar surface area (TPSA) is 125 Å². The number of aliphatic carboxylic acids is 1. The van der Waals surface area contributed by atoms with Crippen molar-refractivity contribution in [1.29, 1.82) is 0 Å². The SMILES string of the molecule is COC(C)CN(CCCCc1ccc2c(n1)NCCC2)CCC(Nc1cc(C)nc(-c2ccncc2)n1)C(=O)O. The van der Waals surface area contributed by atoms with E-state index in [-0.39, 0.29) is 6.10 Å². The first-order valence-corrected chi connectivity index (χ1v) is 14.1. The highest BCUT2D eigenvalue weighted by atomic mass is 16.5. The molecule has 3 N–H and O–H groups in total. The number of anilines is 2. The third-order valence-electron chi connectivity index (χ3n) is 7.17. The number of rotatable bonds is 15. The minimum absolute atomic E-state index is 0.0528. The number of hydrogen-bond donors (Lipinski definition) is 3. The molecule has 1 aliphatic rings. The van der Waals surface area contributed by atoms with E-state index in [9.17, 15) is 9.90 Å². The van der Waals surface area contributed by atoms with Gasteiger partial charge >= 0.3 is 5.97 Å². The summed E-state index contributed by atoms with van der Waals surface area (Å²) >= 11 is 0. The largest absolute Gasteiger partial charge is 0.480 e. The van der Waals surface area contributed by atoms with Gasteiger partial charge in [-0.15, -0.1) is 0 Å². The Balaban J connectivity index is 1.33. The zero-order valence-corrected chi connectivity index (χ0v) is 23.8. The molecule has 4 rings (SSSR count). The summed E-state index contributed by atoms with van der Waals surface area (Å²) < 4.78 is 5.52. The van der Waals surface area contributed by atoms with Crippen LogP contribution in [0.15, 0.2) is 42.7 Å². The number of fused-ring (bicyclic) bond motifs is 1. The fraction of sp³-hybridized carbons (Fsp3) is 0.500. The average molecular weight is 548 g/mol. The van der Waals surface area contributed by atoms with Gasteiger partial charge in [0.1, 0.15) is 17.7 Å². The summed E-state index contributed by atoms with van der Waals surface area (Å²) in [5.41, 5.74) is 4.01. The minimum Gasteiger partial charge on any atom is -0.480 e. The van der Waals surface area contributed by atoms with Gasteiger partial charge in [0, 0.05) is 62.2 Å². The highest BCUT2D eigenvalue weighted by Gasteiger charge is 2.21. The summed E-state index contributed by atoms with van der Waals surface area (Å²) in [4.78, 5) is 32.4. The number of ether oxygens (including phenoxy) is 1. The van der Waals surface area contributed by atoms with Crippen LogP contribution in [0.25, 0.3) is 11.4 Å². The van der Waals surface area contributed by atoms with E-state index >= 15 is 0 Å². The van der Waals surface area contributed by atoms with Crippen LogP contribution in [-0.2, 0) is 22.4 Å². The summed E-state index contributed by atoms with van der Waals surface area (Å²) in [6.45, 7) is 7.13. The first-order chi connectivity index (χ1) is 19.4. The molecule has 0 radical (unpaired) electrons. The lowest BCUT2D eigenvalue weighted by atomic mass is 10.1. The summed E-state index contributed by atoms with van der Waals surface area (Å²) in [6.07, 6.45) is 9.04. The molecule has 0 amide bonds. The Morgan fingerprint density at radius 2 is 1.98 bits per heavy atom. The second kappa shape index (κ2) is 14.7. The normalized spacial score (nSPS) is 14.3. The van der Waals surface area contributed by atoms with E-state index in [4.69, 9.17) is 9.72 Å². The predicted octanol–water partition coefficient (Wildman–Crippen LogP) is 4.22. The molecule has 10 heteroatoms. The van der Waals surface area contributed by atoms with Gasteiger partial charge in [-0.25, -0.2) is 19.7 Å². The van der Waals surface area contributed by atoms with Crippen molar-refractivity contribution >= 4 is 17.6 Å². The van der Waals surface area contributed by atoms with Gasteiger partial charge < -0.3 is 25.4 Å². The van der Waals surface area contributed by atoms with Crippen LogP contribution in [-0.4, -0.2) is 81.3 Å². The molecule has 3 aromatic rings. The molecule has 10 nitrogen and oxygen atoms in total. The molecule has 0 spiro atoms. The highest BCUT2D eigenvalue weighted by Crippen LogP contribution is 2.21. The first-order valence-electron chi connectivity index (χ1n) is 14.1. The van der Waals surface area contributed by atoms with Crippen LogP contribution >= 0.6 is 0 Å². The van der Waals surface area contributed by atoms with Crippen molar-refractivity contribution in [2.75, 3.05) is 43.9 Å². The standard InChI is InChI=1S/C30H41N7O3/c1-21-19-27(36-29(33-21)24-11-15-31-16-12-24)35-26(30(38)39)13-18-37(20-22(2)40-3)17-5-4-8-25-10-9-23-7-6-14-32-28(23)34-25/h9-12,15-16,19,22,26H,4-8,13-14,17-18,20H2,1-3H3,(H,32,34)(H,38,39)(H,33,35,36). The molecule has 214 valence electrons. The van der Waals surface area contributed by atoms with E-state index in [1.165, 1.54) is 5.56 Å². The van der Waals surface area contributed by atoms with Crippen LogP contribution in [0.4, 0.5) is 11.6 Å². The zero-order chi connectivity index (χ0) is 28.3. The van der Waals surface area contributed by atoms with Gasteiger partial charge in [-0.1, -0.05) is 6.07 Å². The molecule has 40 heavy (non-hydrogen) atoms. The Morgan fingerprint density at radius 1 is 1.15 bits per heavy atom. The monoisotopic (exact) mass is 547 g/mol. The molecule has 0 saturated carbocycles. The number of nitrogens with one attached hydrogen (secondary N) is 2. The van der Waals surface area contributed by atoms with Crippen LogP contribution in [0.2, 0.25) is 0 Å². The van der Waals surface area contributed by atoms with Crippen molar-refractivity contribution in [2.45, 2.75) is 64.5 Å². The molecule has 0 aromatic carbocycles. The average Bonchev–Trinajstić information content (AvgIpc) is 2.97. The third kappa shape index (κ3) is 8.69. The van der Waals surface area contributed by atoms with E-state index in [1.807, 2.05) is 26.0 Å². The lowest BCUT2D eigenvalue weighted by molar-refractivity contribution is -0.138. The van der Waals surface area contributed by atoms with E-state index in [2.05, 4.69) is 42.6 Å². The van der Waals surface area contributed by atoms with Crippen LogP contribution < -0.4 is 10.6 Å². The second-order valence-corrected chi connectivity index (χ2v) is 10.4. The quantitative estimate of drug-likeness (QED) is 0.238. The van der Waals surface area contributed by atoms with Crippen molar-refractivity contribution in [1.82, 2.24) is 24.8 Å². The molecule has 0 fully saturated rings. The summed E-state index contributed by atoms with van der Waals surface area (Å²) in [6, 6.07) is 9.01.